The maximum atomic E-state index is 12.8. The summed E-state index contributed by atoms with van der Waals surface area (Å²) in [5.41, 5.74) is 2.61. The first kappa shape index (κ1) is 24.0. The fraction of sp³-hybridized carbons (Fsp3) is 0.500. The SMILES string of the molecule is CC1CN(C(=O)c2ccc(CNC(=O)NCc3cccnc3N3CCCCC3)cc2)CC(C)O1. The Kier molecular flexibility index (Phi) is 8.00. The summed E-state index contributed by atoms with van der Waals surface area (Å²) in [6.45, 7) is 8.01. The molecule has 2 aromatic rings. The average Bonchev–Trinajstić information content (AvgIpc) is 2.86. The molecule has 34 heavy (non-hydrogen) atoms. The second-order valence-electron chi connectivity index (χ2n) is 9.23. The van der Waals surface area contributed by atoms with Gasteiger partial charge in [0.05, 0.1) is 12.2 Å². The number of hydrogen-bond donors (Lipinski definition) is 2. The van der Waals surface area contributed by atoms with Crippen molar-refractivity contribution in [3.05, 3.63) is 59.3 Å². The van der Waals surface area contributed by atoms with Crippen molar-refractivity contribution in [2.45, 2.75) is 58.4 Å². The summed E-state index contributed by atoms with van der Waals surface area (Å²) in [7, 11) is 0. The lowest BCUT2D eigenvalue weighted by Gasteiger charge is -2.35. The minimum absolute atomic E-state index is 0.0141. The standard InChI is InChI=1S/C26H35N5O3/c1-19-17-31(18-20(2)34-19)25(32)22-10-8-21(9-11-22)15-28-26(33)29-16-23-7-6-12-27-24(23)30-13-4-3-5-14-30/h6-12,19-20H,3-5,13-18H2,1-2H3,(H2,28,29,33). The molecule has 3 amide bonds. The van der Waals surface area contributed by atoms with Crippen molar-refractivity contribution in [3.63, 3.8) is 0 Å². The van der Waals surface area contributed by atoms with E-state index < -0.39 is 0 Å². The van der Waals surface area contributed by atoms with Crippen molar-refractivity contribution in [2.75, 3.05) is 31.1 Å². The van der Waals surface area contributed by atoms with Gasteiger partial charge in [-0.05, 0) is 56.9 Å². The van der Waals surface area contributed by atoms with E-state index in [4.69, 9.17) is 4.74 Å². The zero-order valence-corrected chi connectivity index (χ0v) is 20.1. The van der Waals surface area contributed by atoms with Gasteiger partial charge >= 0.3 is 6.03 Å². The van der Waals surface area contributed by atoms with Gasteiger partial charge in [-0.25, -0.2) is 9.78 Å². The van der Waals surface area contributed by atoms with Crippen LogP contribution in [0.3, 0.4) is 0 Å². The van der Waals surface area contributed by atoms with E-state index in [0.717, 1.165) is 30.0 Å². The van der Waals surface area contributed by atoms with Gasteiger partial charge in [0.25, 0.3) is 5.91 Å². The lowest BCUT2D eigenvalue weighted by atomic mass is 10.1. The number of benzene rings is 1. The van der Waals surface area contributed by atoms with E-state index >= 15 is 0 Å². The molecule has 2 atom stereocenters. The molecule has 1 aromatic carbocycles. The lowest BCUT2D eigenvalue weighted by Crippen LogP contribution is -2.48. The molecule has 0 saturated carbocycles. The lowest BCUT2D eigenvalue weighted by molar-refractivity contribution is -0.0586. The number of nitrogens with zero attached hydrogens (tertiary/aromatic N) is 3. The van der Waals surface area contributed by atoms with Crippen LogP contribution >= 0.6 is 0 Å². The third-order valence-electron chi connectivity index (χ3n) is 6.32. The van der Waals surface area contributed by atoms with Crippen LogP contribution in [0.4, 0.5) is 10.6 Å². The van der Waals surface area contributed by atoms with Crippen molar-refractivity contribution < 1.29 is 14.3 Å². The summed E-state index contributed by atoms with van der Waals surface area (Å²) < 4.78 is 5.72. The highest BCUT2D eigenvalue weighted by atomic mass is 16.5. The molecule has 2 aliphatic heterocycles. The van der Waals surface area contributed by atoms with E-state index in [2.05, 4.69) is 20.5 Å². The van der Waals surface area contributed by atoms with Gasteiger partial charge in [0.1, 0.15) is 5.82 Å². The van der Waals surface area contributed by atoms with Gasteiger partial charge in [0.15, 0.2) is 0 Å². The Hall–Kier alpha value is -3.13. The van der Waals surface area contributed by atoms with Gasteiger partial charge in [-0.15, -0.1) is 0 Å². The summed E-state index contributed by atoms with van der Waals surface area (Å²) >= 11 is 0. The highest BCUT2D eigenvalue weighted by Gasteiger charge is 2.26. The number of ether oxygens (including phenoxy) is 1. The molecular formula is C26H35N5O3. The second-order valence-corrected chi connectivity index (χ2v) is 9.23. The zero-order valence-electron chi connectivity index (χ0n) is 20.1. The Morgan fingerprint density at radius 3 is 2.35 bits per heavy atom. The number of hydrogen-bond acceptors (Lipinski definition) is 5. The van der Waals surface area contributed by atoms with Crippen molar-refractivity contribution >= 4 is 17.8 Å². The van der Waals surface area contributed by atoms with Crippen LogP contribution in [0.5, 0.6) is 0 Å². The molecule has 2 fully saturated rings. The van der Waals surface area contributed by atoms with Crippen molar-refractivity contribution in [2.24, 2.45) is 0 Å². The highest BCUT2D eigenvalue weighted by Crippen LogP contribution is 2.21. The molecule has 3 heterocycles. The average molecular weight is 466 g/mol. The van der Waals surface area contributed by atoms with Crippen LogP contribution in [0.2, 0.25) is 0 Å². The summed E-state index contributed by atoms with van der Waals surface area (Å²) in [5.74, 6) is 0.979. The number of piperidine rings is 1. The number of morpholine rings is 1. The van der Waals surface area contributed by atoms with E-state index in [1.807, 2.05) is 61.3 Å². The number of nitrogens with one attached hydrogen (secondary N) is 2. The molecule has 8 nitrogen and oxygen atoms in total. The molecule has 0 aliphatic carbocycles. The van der Waals surface area contributed by atoms with Gasteiger partial charge in [0.2, 0.25) is 0 Å². The smallest absolute Gasteiger partial charge is 0.315 e. The first-order valence-corrected chi connectivity index (χ1v) is 12.2. The first-order valence-electron chi connectivity index (χ1n) is 12.2. The summed E-state index contributed by atoms with van der Waals surface area (Å²) in [5, 5.41) is 5.84. The van der Waals surface area contributed by atoms with Gasteiger partial charge < -0.3 is 25.2 Å². The number of urea groups is 1. The molecule has 182 valence electrons. The molecule has 2 saturated heterocycles. The van der Waals surface area contributed by atoms with Crippen LogP contribution < -0.4 is 15.5 Å². The topological polar surface area (TPSA) is 86.8 Å². The summed E-state index contributed by atoms with van der Waals surface area (Å²) in [6.07, 6.45) is 5.51. The number of carbonyl (C=O) groups is 2. The van der Waals surface area contributed by atoms with Crippen LogP contribution in [-0.4, -0.2) is 60.2 Å². The van der Waals surface area contributed by atoms with E-state index in [0.29, 0.717) is 31.7 Å². The van der Waals surface area contributed by atoms with E-state index in [9.17, 15) is 9.59 Å². The number of pyridine rings is 1. The predicted molar refractivity (Wildman–Crippen MR) is 132 cm³/mol. The molecule has 2 N–H and O–H groups in total. The fourth-order valence-electron chi connectivity index (χ4n) is 4.67. The first-order chi connectivity index (χ1) is 16.5. The molecule has 4 rings (SSSR count). The molecule has 8 heteroatoms. The molecule has 2 aliphatic rings. The summed E-state index contributed by atoms with van der Waals surface area (Å²) in [6, 6.07) is 11.1. The molecule has 2 unspecified atom stereocenters. The van der Waals surface area contributed by atoms with Gasteiger partial charge in [-0.1, -0.05) is 18.2 Å². The molecular weight excluding hydrogens is 430 g/mol. The van der Waals surface area contributed by atoms with Crippen molar-refractivity contribution in [1.29, 1.82) is 0 Å². The van der Waals surface area contributed by atoms with Crippen LogP contribution in [0.1, 0.15) is 54.6 Å². The Labute approximate surface area is 201 Å². The minimum atomic E-state index is -0.232. The predicted octanol–water partition coefficient (Wildman–Crippen LogP) is 3.32. The number of carbonyl (C=O) groups excluding carboxylic acids is 2. The Morgan fingerprint density at radius 1 is 0.971 bits per heavy atom. The Morgan fingerprint density at radius 2 is 1.65 bits per heavy atom. The van der Waals surface area contributed by atoms with E-state index in [1.54, 1.807) is 0 Å². The van der Waals surface area contributed by atoms with Crippen LogP contribution in [0.25, 0.3) is 0 Å². The quantitative estimate of drug-likeness (QED) is 0.684. The fourth-order valence-corrected chi connectivity index (χ4v) is 4.67. The van der Waals surface area contributed by atoms with Crippen molar-refractivity contribution in [3.8, 4) is 0 Å². The van der Waals surface area contributed by atoms with Gasteiger partial charge in [-0.2, -0.15) is 0 Å². The van der Waals surface area contributed by atoms with E-state index in [-0.39, 0.29) is 24.1 Å². The van der Waals surface area contributed by atoms with Crippen LogP contribution in [-0.2, 0) is 17.8 Å². The van der Waals surface area contributed by atoms with Crippen LogP contribution in [0.15, 0.2) is 42.6 Å². The monoisotopic (exact) mass is 465 g/mol. The Bertz CT molecular complexity index is 965. The number of aromatic nitrogens is 1. The number of anilines is 1. The van der Waals surface area contributed by atoms with Crippen LogP contribution in [0, 0.1) is 0 Å². The molecule has 0 bridgehead atoms. The normalized spacial score (nSPS) is 20.6. The summed E-state index contributed by atoms with van der Waals surface area (Å²) in [4.78, 5) is 33.9. The Balaban J connectivity index is 1.26. The number of rotatable bonds is 6. The van der Waals surface area contributed by atoms with Crippen molar-refractivity contribution in [1.82, 2.24) is 20.5 Å². The maximum Gasteiger partial charge on any atom is 0.315 e. The molecule has 1 aromatic heterocycles. The van der Waals surface area contributed by atoms with Gasteiger partial charge in [-0.3, -0.25) is 4.79 Å². The zero-order chi connectivity index (χ0) is 23.9. The number of amides is 3. The molecule has 0 radical (unpaired) electrons. The minimum Gasteiger partial charge on any atom is -0.372 e. The maximum absolute atomic E-state index is 12.8. The largest absolute Gasteiger partial charge is 0.372 e. The van der Waals surface area contributed by atoms with E-state index in [1.165, 1.54) is 19.3 Å². The molecule has 0 spiro atoms. The van der Waals surface area contributed by atoms with Gasteiger partial charge in [0, 0.05) is 56.6 Å². The highest BCUT2D eigenvalue weighted by molar-refractivity contribution is 5.94. The third kappa shape index (κ3) is 6.26. The third-order valence-corrected chi connectivity index (χ3v) is 6.32. The second kappa shape index (κ2) is 11.3.